The zero-order chi connectivity index (χ0) is 13.8. The number of nitrogens with one attached hydrogen (secondary N) is 1. The van der Waals surface area contributed by atoms with Gasteiger partial charge < -0.3 is 0 Å². The lowest BCUT2D eigenvalue weighted by atomic mass is 9.91. The fourth-order valence-electron chi connectivity index (χ4n) is 2.28. The summed E-state index contributed by atoms with van der Waals surface area (Å²) >= 11 is 1.46. The standard InChI is InChI=1S/C11H17N5O2S/c1-7-3-2-4-8(5-7)19-10-9(16(17)18)6-13-11(14-10)15-12/h6-8H,2-5,12H2,1H3,(H,13,14,15). The predicted octanol–water partition coefficient (Wildman–Crippen LogP) is 2.34. The second-order valence-electron chi connectivity index (χ2n) is 4.80. The Morgan fingerprint density at radius 3 is 3.00 bits per heavy atom. The van der Waals surface area contributed by atoms with E-state index in [4.69, 9.17) is 5.84 Å². The van der Waals surface area contributed by atoms with Gasteiger partial charge in [-0.05, 0) is 18.8 Å². The molecule has 7 nitrogen and oxygen atoms in total. The van der Waals surface area contributed by atoms with Crippen molar-refractivity contribution in [2.24, 2.45) is 11.8 Å². The zero-order valence-corrected chi connectivity index (χ0v) is 11.5. The topological polar surface area (TPSA) is 107 Å². The first-order valence-corrected chi connectivity index (χ1v) is 7.12. The molecule has 0 saturated heterocycles. The van der Waals surface area contributed by atoms with Crippen molar-refractivity contribution >= 4 is 23.4 Å². The van der Waals surface area contributed by atoms with E-state index in [2.05, 4.69) is 22.3 Å². The molecule has 0 amide bonds. The molecule has 0 aromatic carbocycles. The van der Waals surface area contributed by atoms with Crippen LogP contribution in [-0.2, 0) is 0 Å². The molecule has 8 heteroatoms. The van der Waals surface area contributed by atoms with Gasteiger partial charge in [0.25, 0.3) is 0 Å². The number of rotatable bonds is 4. The minimum atomic E-state index is -0.450. The van der Waals surface area contributed by atoms with Crippen LogP contribution in [0.5, 0.6) is 0 Å². The van der Waals surface area contributed by atoms with Crippen LogP contribution in [0.4, 0.5) is 11.6 Å². The monoisotopic (exact) mass is 283 g/mol. The number of aromatic nitrogens is 2. The molecule has 1 aromatic heterocycles. The molecule has 1 fully saturated rings. The summed E-state index contributed by atoms with van der Waals surface area (Å²) in [5, 5.41) is 11.8. The van der Waals surface area contributed by atoms with Crippen LogP contribution < -0.4 is 11.3 Å². The largest absolute Gasteiger partial charge is 0.319 e. The Balaban J connectivity index is 2.19. The van der Waals surface area contributed by atoms with Gasteiger partial charge in [-0.1, -0.05) is 31.5 Å². The maximum atomic E-state index is 11.0. The van der Waals surface area contributed by atoms with Gasteiger partial charge in [0.05, 0.1) is 4.92 Å². The van der Waals surface area contributed by atoms with Crippen molar-refractivity contribution in [3.05, 3.63) is 16.3 Å². The third-order valence-corrected chi connectivity index (χ3v) is 4.51. The molecule has 2 rings (SSSR count). The zero-order valence-electron chi connectivity index (χ0n) is 10.7. The summed E-state index contributed by atoms with van der Waals surface area (Å²) < 4.78 is 0. The van der Waals surface area contributed by atoms with Gasteiger partial charge >= 0.3 is 5.69 Å². The van der Waals surface area contributed by atoms with E-state index in [1.165, 1.54) is 30.8 Å². The highest BCUT2D eigenvalue weighted by molar-refractivity contribution is 8.00. The highest BCUT2D eigenvalue weighted by Gasteiger charge is 2.25. The van der Waals surface area contributed by atoms with Crippen LogP contribution >= 0.6 is 11.8 Å². The summed E-state index contributed by atoms with van der Waals surface area (Å²) in [4.78, 5) is 18.4. The smallest absolute Gasteiger partial charge is 0.292 e. The lowest BCUT2D eigenvalue weighted by Crippen LogP contribution is -2.16. The molecule has 104 valence electrons. The Hall–Kier alpha value is -1.41. The van der Waals surface area contributed by atoms with Crippen molar-refractivity contribution in [3.63, 3.8) is 0 Å². The highest BCUT2D eigenvalue weighted by atomic mass is 32.2. The van der Waals surface area contributed by atoms with E-state index in [0.717, 1.165) is 12.8 Å². The summed E-state index contributed by atoms with van der Waals surface area (Å²) in [6.45, 7) is 2.22. The van der Waals surface area contributed by atoms with Crippen LogP contribution in [-0.4, -0.2) is 20.1 Å². The number of thioether (sulfide) groups is 1. The van der Waals surface area contributed by atoms with Gasteiger partial charge in [-0.3, -0.25) is 15.5 Å². The molecule has 0 spiro atoms. The van der Waals surface area contributed by atoms with Gasteiger partial charge in [-0.2, -0.15) is 4.98 Å². The van der Waals surface area contributed by atoms with E-state index < -0.39 is 4.92 Å². The third-order valence-electron chi connectivity index (χ3n) is 3.23. The Morgan fingerprint density at radius 2 is 2.37 bits per heavy atom. The molecule has 3 N–H and O–H groups in total. The van der Waals surface area contributed by atoms with Crippen molar-refractivity contribution in [2.45, 2.75) is 42.9 Å². The maximum Gasteiger partial charge on any atom is 0.319 e. The normalized spacial score (nSPS) is 23.1. The number of nitro groups is 1. The average molecular weight is 283 g/mol. The Bertz CT molecular complexity index is 470. The SMILES string of the molecule is CC1CCCC(Sc2nc(NN)ncc2[N+](=O)[O-])C1. The molecule has 2 unspecified atom stereocenters. The van der Waals surface area contributed by atoms with Crippen LogP contribution in [0.1, 0.15) is 32.6 Å². The second kappa shape index (κ2) is 6.16. The minimum Gasteiger partial charge on any atom is -0.292 e. The molecular formula is C11H17N5O2S. The molecular weight excluding hydrogens is 266 g/mol. The molecule has 1 aliphatic rings. The molecule has 1 saturated carbocycles. The maximum absolute atomic E-state index is 11.0. The van der Waals surface area contributed by atoms with Gasteiger partial charge in [0.1, 0.15) is 6.20 Å². The van der Waals surface area contributed by atoms with Gasteiger partial charge in [0.15, 0.2) is 5.03 Å². The number of nitrogens with two attached hydrogens (primary N) is 1. The van der Waals surface area contributed by atoms with Gasteiger partial charge in [0.2, 0.25) is 5.95 Å². The first kappa shape index (κ1) is 14.0. The third kappa shape index (κ3) is 3.54. The van der Waals surface area contributed by atoms with Crippen molar-refractivity contribution in [1.82, 2.24) is 9.97 Å². The van der Waals surface area contributed by atoms with E-state index >= 15 is 0 Å². The Morgan fingerprint density at radius 1 is 1.58 bits per heavy atom. The first-order chi connectivity index (χ1) is 9.10. The minimum absolute atomic E-state index is 0.0535. The first-order valence-electron chi connectivity index (χ1n) is 6.25. The number of nitrogen functional groups attached to an aromatic ring is 1. The lowest BCUT2D eigenvalue weighted by molar-refractivity contribution is -0.388. The van der Waals surface area contributed by atoms with E-state index in [9.17, 15) is 10.1 Å². The van der Waals surface area contributed by atoms with E-state index in [0.29, 0.717) is 16.2 Å². The fraction of sp³-hybridized carbons (Fsp3) is 0.636. The number of hydrogen-bond donors (Lipinski definition) is 2. The summed E-state index contributed by atoms with van der Waals surface area (Å²) in [6.07, 6.45) is 5.74. The average Bonchev–Trinajstić information content (AvgIpc) is 2.38. The van der Waals surface area contributed by atoms with Gasteiger partial charge in [-0.25, -0.2) is 10.8 Å². The van der Waals surface area contributed by atoms with Crippen LogP contribution in [0, 0.1) is 16.0 Å². The van der Waals surface area contributed by atoms with Crippen LogP contribution in [0.2, 0.25) is 0 Å². The molecule has 0 radical (unpaired) electrons. The van der Waals surface area contributed by atoms with Crippen LogP contribution in [0.3, 0.4) is 0 Å². The molecule has 19 heavy (non-hydrogen) atoms. The molecule has 1 aliphatic carbocycles. The van der Waals surface area contributed by atoms with Crippen molar-refractivity contribution in [2.75, 3.05) is 5.43 Å². The lowest BCUT2D eigenvalue weighted by Gasteiger charge is -2.25. The Labute approximate surface area is 115 Å². The van der Waals surface area contributed by atoms with Gasteiger partial charge in [0, 0.05) is 5.25 Å². The Kier molecular flexibility index (Phi) is 4.54. The number of anilines is 1. The molecule has 2 atom stereocenters. The van der Waals surface area contributed by atoms with E-state index in [1.54, 1.807) is 0 Å². The summed E-state index contributed by atoms with van der Waals surface area (Å²) in [5.41, 5.74) is 2.27. The molecule has 1 heterocycles. The predicted molar refractivity (Wildman–Crippen MR) is 73.8 cm³/mol. The van der Waals surface area contributed by atoms with E-state index in [1.807, 2.05) is 0 Å². The quantitative estimate of drug-likeness (QED) is 0.378. The second-order valence-corrected chi connectivity index (χ2v) is 6.09. The van der Waals surface area contributed by atoms with Crippen LogP contribution in [0.25, 0.3) is 0 Å². The number of hydrazine groups is 1. The summed E-state index contributed by atoms with van der Waals surface area (Å²) in [7, 11) is 0. The molecule has 1 aromatic rings. The number of hydrogen-bond acceptors (Lipinski definition) is 7. The van der Waals surface area contributed by atoms with E-state index in [-0.39, 0.29) is 11.6 Å². The van der Waals surface area contributed by atoms with Crippen molar-refractivity contribution in [3.8, 4) is 0 Å². The van der Waals surface area contributed by atoms with Crippen molar-refractivity contribution < 1.29 is 4.92 Å². The van der Waals surface area contributed by atoms with Crippen molar-refractivity contribution in [1.29, 1.82) is 0 Å². The summed E-state index contributed by atoms with van der Waals surface area (Å²) in [6, 6.07) is 0. The summed E-state index contributed by atoms with van der Waals surface area (Å²) in [5.74, 6) is 6.12. The van der Waals surface area contributed by atoms with Gasteiger partial charge in [-0.15, -0.1) is 0 Å². The van der Waals surface area contributed by atoms with Crippen LogP contribution in [0.15, 0.2) is 11.2 Å². The molecule has 0 aliphatic heterocycles. The fourth-order valence-corrected chi connectivity index (χ4v) is 3.70. The molecule has 0 bridgehead atoms. The number of nitrogens with zero attached hydrogens (tertiary/aromatic N) is 3. The highest BCUT2D eigenvalue weighted by Crippen LogP contribution is 2.38.